The van der Waals surface area contributed by atoms with Gasteiger partial charge in [-0.25, -0.2) is 0 Å². The summed E-state index contributed by atoms with van der Waals surface area (Å²) in [4.78, 5) is 4.49. The molecule has 1 saturated heterocycles. The lowest BCUT2D eigenvalue weighted by molar-refractivity contribution is 0.00244. The van der Waals surface area contributed by atoms with E-state index >= 15 is 0 Å². The first-order chi connectivity index (χ1) is 10.0. The number of likely N-dealkylation sites (N-methyl/N-ethyl adjacent to an activating group) is 1. The van der Waals surface area contributed by atoms with E-state index in [2.05, 4.69) is 28.9 Å². The second-order valence-corrected chi connectivity index (χ2v) is 6.71. The van der Waals surface area contributed by atoms with Gasteiger partial charge in [-0.2, -0.15) is 0 Å². The maximum atomic E-state index is 10.7. The summed E-state index contributed by atoms with van der Waals surface area (Å²) in [6.07, 6.45) is 4.91. The van der Waals surface area contributed by atoms with Crippen LogP contribution >= 0.6 is 0 Å². The summed E-state index contributed by atoms with van der Waals surface area (Å²) in [5.41, 5.74) is -0.533. The number of likely N-dealkylation sites (tertiary alicyclic amines) is 1. The van der Waals surface area contributed by atoms with Crippen LogP contribution in [0.25, 0.3) is 0 Å². The molecule has 1 aliphatic rings. The largest absolute Gasteiger partial charge is 0.465 e. The molecule has 0 radical (unpaired) electrons. The number of hydrogen-bond acceptors (Lipinski definition) is 4. The zero-order valence-corrected chi connectivity index (χ0v) is 13.8. The van der Waals surface area contributed by atoms with Crippen molar-refractivity contribution in [1.82, 2.24) is 9.80 Å². The van der Waals surface area contributed by atoms with Crippen molar-refractivity contribution in [3.05, 3.63) is 23.7 Å². The number of aryl methyl sites for hydroxylation is 1. The van der Waals surface area contributed by atoms with Gasteiger partial charge in [0.15, 0.2) is 0 Å². The van der Waals surface area contributed by atoms with Gasteiger partial charge in [-0.15, -0.1) is 0 Å². The Bertz CT molecular complexity index is 430. The molecule has 1 aliphatic heterocycles. The van der Waals surface area contributed by atoms with Crippen molar-refractivity contribution in [1.29, 1.82) is 0 Å². The third-order valence-electron chi connectivity index (χ3n) is 4.21. The van der Waals surface area contributed by atoms with E-state index < -0.39 is 5.60 Å². The number of nitrogens with zero attached hydrogens (tertiary/aromatic N) is 2. The SMILES string of the molecule is CCCc1ccc(CN2CCCC(O)(CN(C)C)CC2)o1. The molecule has 1 aromatic rings. The molecule has 0 amide bonds. The second-order valence-electron chi connectivity index (χ2n) is 6.71. The van der Waals surface area contributed by atoms with Crippen molar-refractivity contribution in [2.75, 3.05) is 33.7 Å². The summed E-state index contributed by atoms with van der Waals surface area (Å²) in [6, 6.07) is 4.20. The quantitative estimate of drug-likeness (QED) is 0.875. The molecule has 1 N–H and O–H groups in total. The maximum Gasteiger partial charge on any atom is 0.118 e. The highest BCUT2D eigenvalue weighted by Gasteiger charge is 2.30. The van der Waals surface area contributed by atoms with Crippen LogP contribution in [0.5, 0.6) is 0 Å². The molecular formula is C17H30N2O2. The fraction of sp³-hybridized carbons (Fsp3) is 0.765. The van der Waals surface area contributed by atoms with Gasteiger partial charge in [-0.1, -0.05) is 6.92 Å². The molecular weight excluding hydrogens is 264 g/mol. The molecule has 1 atom stereocenters. The van der Waals surface area contributed by atoms with Crippen LogP contribution in [0.2, 0.25) is 0 Å². The number of hydrogen-bond donors (Lipinski definition) is 1. The zero-order chi connectivity index (χ0) is 15.3. The van der Waals surface area contributed by atoms with Gasteiger partial charge in [-0.05, 0) is 58.5 Å². The Morgan fingerprint density at radius 1 is 1.24 bits per heavy atom. The van der Waals surface area contributed by atoms with Crippen molar-refractivity contribution >= 4 is 0 Å². The van der Waals surface area contributed by atoms with Crippen LogP contribution in [0, 0.1) is 0 Å². The first-order valence-electron chi connectivity index (χ1n) is 8.18. The maximum absolute atomic E-state index is 10.7. The van der Waals surface area contributed by atoms with E-state index in [4.69, 9.17) is 4.42 Å². The van der Waals surface area contributed by atoms with Crippen LogP contribution < -0.4 is 0 Å². The fourth-order valence-electron chi connectivity index (χ4n) is 3.25. The van der Waals surface area contributed by atoms with Gasteiger partial charge in [0, 0.05) is 19.5 Å². The minimum absolute atomic E-state index is 0.533. The third-order valence-corrected chi connectivity index (χ3v) is 4.21. The van der Waals surface area contributed by atoms with E-state index in [0.717, 1.165) is 69.8 Å². The molecule has 0 aliphatic carbocycles. The lowest BCUT2D eigenvalue weighted by Crippen LogP contribution is -2.40. The van der Waals surface area contributed by atoms with Crippen LogP contribution in [0.4, 0.5) is 0 Å². The van der Waals surface area contributed by atoms with Crippen LogP contribution in [0.15, 0.2) is 16.5 Å². The van der Waals surface area contributed by atoms with Crippen molar-refractivity contribution in [2.24, 2.45) is 0 Å². The highest BCUT2D eigenvalue weighted by molar-refractivity contribution is 5.07. The first-order valence-corrected chi connectivity index (χ1v) is 8.18. The van der Waals surface area contributed by atoms with Gasteiger partial charge in [0.1, 0.15) is 11.5 Å². The molecule has 120 valence electrons. The third kappa shape index (κ3) is 5.13. The summed E-state index contributed by atoms with van der Waals surface area (Å²) in [5, 5.41) is 10.7. The fourth-order valence-corrected chi connectivity index (χ4v) is 3.25. The minimum atomic E-state index is -0.533. The standard InChI is InChI=1S/C17H30N2O2/c1-4-6-15-7-8-16(21-15)13-19-11-5-9-17(20,10-12-19)14-18(2)3/h7-8,20H,4-6,9-14H2,1-3H3. The van der Waals surface area contributed by atoms with Crippen molar-refractivity contribution in [3.8, 4) is 0 Å². The predicted octanol–water partition coefficient (Wildman–Crippen LogP) is 2.51. The summed E-state index contributed by atoms with van der Waals surface area (Å²) in [5.74, 6) is 2.14. The van der Waals surface area contributed by atoms with E-state index in [-0.39, 0.29) is 0 Å². The van der Waals surface area contributed by atoms with Crippen LogP contribution in [0.1, 0.15) is 44.1 Å². The molecule has 0 aromatic carbocycles. The monoisotopic (exact) mass is 294 g/mol. The highest BCUT2D eigenvalue weighted by atomic mass is 16.3. The summed E-state index contributed by atoms with van der Waals surface area (Å²) < 4.78 is 5.87. The van der Waals surface area contributed by atoms with E-state index in [1.807, 2.05) is 14.1 Å². The Morgan fingerprint density at radius 3 is 2.71 bits per heavy atom. The van der Waals surface area contributed by atoms with Crippen LogP contribution in [-0.2, 0) is 13.0 Å². The predicted molar refractivity (Wildman–Crippen MR) is 85.3 cm³/mol. The van der Waals surface area contributed by atoms with Crippen LogP contribution in [-0.4, -0.2) is 54.2 Å². The molecule has 1 unspecified atom stereocenters. The van der Waals surface area contributed by atoms with Gasteiger partial charge in [0.2, 0.25) is 0 Å². The molecule has 2 heterocycles. The van der Waals surface area contributed by atoms with Gasteiger partial charge in [-0.3, -0.25) is 4.90 Å². The normalized spacial score (nSPS) is 24.4. The first kappa shape index (κ1) is 16.5. The Kier molecular flexibility index (Phi) is 5.85. The molecule has 1 fully saturated rings. The highest BCUT2D eigenvalue weighted by Crippen LogP contribution is 2.24. The average Bonchev–Trinajstić information content (AvgIpc) is 2.74. The summed E-state index contributed by atoms with van der Waals surface area (Å²) >= 11 is 0. The lowest BCUT2D eigenvalue weighted by atomic mass is 9.94. The number of aliphatic hydroxyl groups is 1. The van der Waals surface area contributed by atoms with Crippen molar-refractivity contribution < 1.29 is 9.52 Å². The lowest BCUT2D eigenvalue weighted by Gasteiger charge is -2.29. The minimum Gasteiger partial charge on any atom is -0.465 e. The molecule has 0 bridgehead atoms. The van der Waals surface area contributed by atoms with Gasteiger partial charge in [0.05, 0.1) is 12.1 Å². The Morgan fingerprint density at radius 2 is 2.00 bits per heavy atom. The molecule has 0 spiro atoms. The molecule has 21 heavy (non-hydrogen) atoms. The molecule has 4 heteroatoms. The number of furan rings is 1. The zero-order valence-electron chi connectivity index (χ0n) is 13.8. The molecule has 0 saturated carbocycles. The Labute approximate surface area is 128 Å². The van der Waals surface area contributed by atoms with Crippen molar-refractivity contribution in [3.63, 3.8) is 0 Å². The van der Waals surface area contributed by atoms with E-state index in [0.29, 0.717) is 0 Å². The smallest absolute Gasteiger partial charge is 0.118 e. The van der Waals surface area contributed by atoms with Crippen LogP contribution in [0.3, 0.4) is 0 Å². The Hall–Kier alpha value is -0.840. The summed E-state index contributed by atoms with van der Waals surface area (Å²) in [7, 11) is 4.05. The topological polar surface area (TPSA) is 39.9 Å². The van der Waals surface area contributed by atoms with Gasteiger partial charge >= 0.3 is 0 Å². The van der Waals surface area contributed by atoms with E-state index in [1.54, 1.807) is 0 Å². The number of rotatable bonds is 6. The second kappa shape index (κ2) is 7.43. The van der Waals surface area contributed by atoms with E-state index in [1.165, 1.54) is 0 Å². The molecule has 4 nitrogen and oxygen atoms in total. The van der Waals surface area contributed by atoms with Gasteiger partial charge in [0.25, 0.3) is 0 Å². The molecule has 1 aromatic heterocycles. The Balaban J connectivity index is 1.87. The molecule has 2 rings (SSSR count). The van der Waals surface area contributed by atoms with E-state index in [9.17, 15) is 5.11 Å². The van der Waals surface area contributed by atoms with Gasteiger partial charge < -0.3 is 14.4 Å². The average molecular weight is 294 g/mol. The summed E-state index contributed by atoms with van der Waals surface area (Å²) in [6.45, 7) is 5.76. The van der Waals surface area contributed by atoms with Crippen molar-refractivity contribution in [2.45, 2.75) is 51.2 Å².